The standard InChI is InChI=1S/C10H14N2/c1-3-9-4-6-10(7-5-9)8(2)12-11/h4-7H,3,11H2,1-2H3. The lowest BCUT2D eigenvalue weighted by molar-refractivity contribution is 1.14. The highest BCUT2D eigenvalue weighted by Crippen LogP contribution is 2.05. The van der Waals surface area contributed by atoms with Crippen LogP contribution in [0.3, 0.4) is 0 Å². The van der Waals surface area contributed by atoms with E-state index >= 15 is 0 Å². The molecule has 0 atom stereocenters. The Morgan fingerprint density at radius 1 is 1.33 bits per heavy atom. The Balaban J connectivity index is 2.92. The SMILES string of the molecule is CCc1ccc(C(C)=NN)cc1. The number of aryl methyl sites for hydroxylation is 1. The number of nitrogens with two attached hydrogens (primary N) is 1. The lowest BCUT2D eigenvalue weighted by Gasteiger charge is -2.00. The normalized spacial score (nSPS) is 11.7. The fraction of sp³-hybridized carbons (Fsp3) is 0.300. The van der Waals surface area contributed by atoms with E-state index in [9.17, 15) is 0 Å². The second kappa shape index (κ2) is 3.90. The van der Waals surface area contributed by atoms with Crippen LogP contribution in [0.15, 0.2) is 29.4 Å². The van der Waals surface area contributed by atoms with Crippen LogP contribution in [-0.4, -0.2) is 5.71 Å². The minimum atomic E-state index is 0.873. The molecule has 64 valence electrons. The van der Waals surface area contributed by atoms with Gasteiger partial charge in [0.15, 0.2) is 0 Å². The number of hydrogen-bond acceptors (Lipinski definition) is 2. The first kappa shape index (κ1) is 8.78. The summed E-state index contributed by atoms with van der Waals surface area (Å²) >= 11 is 0. The molecule has 0 aliphatic rings. The zero-order valence-electron chi connectivity index (χ0n) is 7.54. The summed E-state index contributed by atoms with van der Waals surface area (Å²) in [6, 6.07) is 8.29. The summed E-state index contributed by atoms with van der Waals surface area (Å²) in [7, 11) is 0. The smallest absolute Gasteiger partial charge is 0.0641 e. The maximum Gasteiger partial charge on any atom is 0.0641 e. The molecule has 0 saturated heterocycles. The highest BCUT2D eigenvalue weighted by Gasteiger charge is 1.95. The van der Waals surface area contributed by atoms with Crippen LogP contribution in [-0.2, 0) is 6.42 Å². The van der Waals surface area contributed by atoms with E-state index in [1.165, 1.54) is 5.56 Å². The molecule has 0 heterocycles. The Morgan fingerprint density at radius 3 is 2.33 bits per heavy atom. The van der Waals surface area contributed by atoms with Crippen LogP contribution in [0.1, 0.15) is 25.0 Å². The fourth-order valence-electron chi connectivity index (χ4n) is 1.06. The Kier molecular flexibility index (Phi) is 2.86. The van der Waals surface area contributed by atoms with Gasteiger partial charge in [0.05, 0.1) is 5.71 Å². The van der Waals surface area contributed by atoms with Crippen molar-refractivity contribution in [1.82, 2.24) is 0 Å². The molecule has 2 heteroatoms. The highest BCUT2D eigenvalue weighted by atomic mass is 15.1. The zero-order valence-corrected chi connectivity index (χ0v) is 7.54. The van der Waals surface area contributed by atoms with Crippen LogP contribution in [0.5, 0.6) is 0 Å². The van der Waals surface area contributed by atoms with Crippen LogP contribution in [0, 0.1) is 0 Å². The number of hydrogen-bond donors (Lipinski definition) is 1. The second-order valence-corrected chi connectivity index (χ2v) is 2.76. The summed E-state index contributed by atoms with van der Waals surface area (Å²) in [6.45, 7) is 4.04. The lowest BCUT2D eigenvalue weighted by atomic mass is 10.1. The Hall–Kier alpha value is -1.31. The molecule has 1 aromatic rings. The predicted octanol–water partition coefficient (Wildman–Crippen LogP) is 1.93. The van der Waals surface area contributed by atoms with E-state index in [0.29, 0.717) is 0 Å². The molecule has 0 fully saturated rings. The van der Waals surface area contributed by atoms with E-state index in [-0.39, 0.29) is 0 Å². The van der Waals surface area contributed by atoms with Crippen LogP contribution >= 0.6 is 0 Å². The molecule has 0 unspecified atom stereocenters. The molecule has 0 saturated carbocycles. The van der Waals surface area contributed by atoms with Crippen LogP contribution in [0.2, 0.25) is 0 Å². The van der Waals surface area contributed by atoms with Crippen molar-refractivity contribution in [3.8, 4) is 0 Å². The van der Waals surface area contributed by atoms with Crippen molar-refractivity contribution in [2.24, 2.45) is 10.9 Å². The summed E-state index contributed by atoms with van der Waals surface area (Å²) in [6.07, 6.45) is 1.07. The summed E-state index contributed by atoms with van der Waals surface area (Å²) in [4.78, 5) is 0. The molecule has 0 spiro atoms. The molecule has 0 aromatic heterocycles. The molecule has 0 bridgehead atoms. The van der Waals surface area contributed by atoms with E-state index in [1.807, 2.05) is 19.1 Å². The van der Waals surface area contributed by atoms with Gasteiger partial charge in [-0.2, -0.15) is 5.10 Å². The molecule has 12 heavy (non-hydrogen) atoms. The van der Waals surface area contributed by atoms with Crippen molar-refractivity contribution in [1.29, 1.82) is 0 Å². The van der Waals surface area contributed by atoms with Crippen molar-refractivity contribution in [3.63, 3.8) is 0 Å². The van der Waals surface area contributed by atoms with Crippen molar-refractivity contribution in [2.45, 2.75) is 20.3 Å². The van der Waals surface area contributed by atoms with E-state index < -0.39 is 0 Å². The number of nitrogens with zero attached hydrogens (tertiary/aromatic N) is 1. The van der Waals surface area contributed by atoms with Gasteiger partial charge >= 0.3 is 0 Å². The number of hydrazone groups is 1. The third kappa shape index (κ3) is 1.84. The van der Waals surface area contributed by atoms with Crippen molar-refractivity contribution in [2.75, 3.05) is 0 Å². The summed E-state index contributed by atoms with van der Waals surface area (Å²) in [5.41, 5.74) is 3.30. The van der Waals surface area contributed by atoms with Gasteiger partial charge in [0, 0.05) is 0 Å². The third-order valence-electron chi connectivity index (χ3n) is 1.97. The first-order valence-corrected chi connectivity index (χ1v) is 4.11. The predicted molar refractivity (Wildman–Crippen MR) is 52.2 cm³/mol. The molecule has 0 aliphatic carbocycles. The topological polar surface area (TPSA) is 38.4 Å². The van der Waals surface area contributed by atoms with Crippen LogP contribution < -0.4 is 5.84 Å². The van der Waals surface area contributed by atoms with Gasteiger partial charge in [-0.3, -0.25) is 0 Å². The summed E-state index contributed by atoms with van der Waals surface area (Å²) in [5.74, 6) is 5.16. The molecule has 1 rings (SSSR count). The molecule has 2 N–H and O–H groups in total. The van der Waals surface area contributed by atoms with Gasteiger partial charge in [-0.1, -0.05) is 31.2 Å². The molecule has 0 aliphatic heterocycles. The Morgan fingerprint density at radius 2 is 1.92 bits per heavy atom. The first-order valence-electron chi connectivity index (χ1n) is 4.11. The summed E-state index contributed by atoms with van der Waals surface area (Å²) < 4.78 is 0. The lowest BCUT2D eigenvalue weighted by Crippen LogP contribution is -1.98. The molecule has 2 nitrogen and oxygen atoms in total. The van der Waals surface area contributed by atoms with Gasteiger partial charge in [-0.05, 0) is 24.5 Å². The monoisotopic (exact) mass is 162 g/mol. The van der Waals surface area contributed by atoms with Gasteiger partial charge in [0.25, 0.3) is 0 Å². The molecular formula is C10H14N2. The quantitative estimate of drug-likeness (QED) is 0.403. The molecular weight excluding hydrogens is 148 g/mol. The molecule has 1 aromatic carbocycles. The average molecular weight is 162 g/mol. The van der Waals surface area contributed by atoms with Gasteiger partial charge in [-0.25, -0.2) is 0 Å². The largest absolute Gasteiger partial charge is 0.323 e. The van der Waals surface area contributed by atoms with Crippen molar-refractivity contribution >= 4 is 5.71 Å². The van der Waals surface area contributed by atoms with E-state index in [4.69, 9.17) is 5.84 Å². The number of rotatable bonds is 2. The van der Waals surface area contributed by atoms with Gasteiger partial charge in [0.1, 0.15) is 0 Å². The fourth-order valence-corrected chi connectivity index (χ4v) is 1.06. The first-order chi connectivity index (χ1) is 5.77. The average Bonchev–Trinajstić information content (AvgIpc) is 2.17. The zero-order chi connectivity index (χ0) is 8.97. The maximum absolute atomic E-state index is 5.16. The van der Waals surface area contributed by atoms with E-state index in [0.717, 1.165) is 17.7 Å². The van der Waals surface area contributed by atoms with E-state index in [1.54, 1.807) is 0 Å². The summed E-state index contributed by atoms with van der Waals surface area (Å²) in [5, 5.41) is 3.63. The van der Waals surface area contributed by atoms with Crippen LogP contribution in [0.4, 0.5) is 0 Å². The highest BCUT2D eigenvalue weighted by molar-refractivity contribution is 5.98. The Labute approximate surface area is 73.1 Å². The minimum absolute atomic E-state index is 0.873. The molecule has 0 radical (unpaired) electrons. The Bertz CT molecular complexity index is 272. The van der Waals surface area contributed by atoms with Crippen molar-refractivity contribution in [3.05, 3.63) is 35.4 Å². The third-order valence-corrected chi connectivity index (χ3v) is 1.97. The number of benzene rings is 1. The molecule has 0 amide bonds. The van der Waals surface area contributed by atoms with Gasteiger partial charge in [0.2, 0.25) is 0 Å². The minimum Gasteiger partial charge on any atom is -0.323 e. The van der Waals surface area contributed by atoms with Crippen LogP contribution in [0.25, 0.3) is 0 Å². The van der Waals surface area contributed by atoms with Gasteiger partial charge < -0.3 is 5.84 Å². The van der Waals surface area contributed by atoms with E-state index in [2.05, 4.69) is 24.2 Å². The second-order valence-electron chi connectivity index (χ2n) is 2.76. The van der Waals surface area contributed by atoms with Crippen molar-refractivity contribution < 1.29 is 0 Å². The van der Waals surface area contributed by atoms with Gasteiger partial charge in [-0.15, -0.1) is 0 Å². The maximum atomic E-state index is 5.16.